The predicted octanol–water partition coefficient (Wildman–Crippen LogP) is 7.50. The molecule has 0 saturated carbocycles. The van der Waals surface area contributed by atoms with E-state index in [2.05, 4.69) is 11.4 Å². The first-order chi connectivity index (χ1) is 22.4. The molecule has 6 rings (SSSR count). The lowest BCUT2D eigenvalue weighted by molar-refractivity contribution is -0.119. The minimum absolute atomic E-state index is 0.152. The van der Waals surface area contributed by atoms with E-state index in [1.807, 2.05) is 41.8 Å². The van der Waals surface area contributed by atoms with Crippen molar-refractivity contribution in [2.45, 2.75) is 19.8 Å². The molecule has 1 amide bonds. The molecule has 3 aromatic heterocycles. The van der Waals surface area contributed by atoms with Gasteiger partial charge in [0.1, 0.15) is 10.6 Å². The van der Waals surface area contributed by atoms with Crippen LogP contribution >= 0.6 is 22.7 Å². The number of ether oxygens (including phenoxy) is 4. The molecule has 11 heteroatoms. The summed E-state index contributed by atoms with van der Waals surface area (Å²) in [4.78, 5) is 45.8. The van der Waals surface area contributed by atoms with Gasteiger partial charge < -0.3 is 24.3 Å². The van der Waals surface area contributed by atoms with E-state index in [0.717, 1.165) is 28.1 Å². The molecule has 3 heterocycles. The third kappa shape index (κ3) is 6.11. The van der Waals surface area contributed by atoms with Crippen LogP contribution in [0.4, 0.5) is 5.00 Å². The highest BCUT2D eigenvalue weighted by molar-refractivity contribution is 7.15. The van der Waals surface area contributed by atoms with Crippen molar-refractivity contribution in [3.8, 4) is 22.6 Å². The van der Waals surface area contributed by atoms with E-state index in [4.69, 9.17) is 23.9 Å². The van der Waals surface area contributed by atoms with Gasteiger partial charge in [0.05, 0.1) is 37.6 Å². The molecule has 0 saturated heterocycles. The van der Waals surface area contributed by atoms with Crippen molar-refractivity contribution in [2.24, 2.45) is 0 Å². The zero-order chi connectivity index (χ0) is 32.2. The van der Waals surface area contributed by atoms with Crippen molar-refractivity contribution >= 4 is 68.1 Å². The average molecular weight is 655 g/mol. The Kier molecular flexibility index (Phi) is 9.13. The summed E-state index contributed by atoms with van der Waals surface area (Å²) in [5.41, 5.74) is 5.18. The van der Waals surface area contributed by atoms with E-state index in [0.29, 0.717) is 45.5 Å². The Morgan fingerprint density at radius 1 is 0.913 bits per heavy atom. The van der Waals surface area contributed by atoms with Crippen molar-refractivity contribution in [2.75, 3.05) is 32.8 Å². The van der Waals surface area contributed by atoms with Crippen LogP contribution in [0.2, 0.25) is 0 Å². The number of thiophene rings is 2. The molecule has 2 aromatic carbocycles. The van der Waals surface area contributed by atoms with Gasteiger partial charge in [-0.05, 0) is 72.2 Å². The summed E-state index contributed by atoms with van der Waals surface area (Å²) in [6, 6.07) is 16.7. The summed E-state index contributed by atoms with van der Waals surface area (Å²) in [5, 5.41) is 7.47. The van der Waals surface area contributed by atoms with E-state index in [1.165, 1.54) is 25.6 Å². The second-order valence-corrected chi connectivity index (χ2v) is 12.1. The van der Waals surface area contributed by atoms with Gasteiger partial charge in [-0.15, -0.1) is 22.7 Å². The third-order valence-electron chi connectivity index (χ3n) is 7.56. The number of rotatable bonds is 10. The topological polar surface area (TPSA) is 113 Å². The van der Waals surface area contributed by atoms with Gasteiger partial charge in [-0.1, -0.05) is 30.3 Å². The van der Waals surface area contributed by atoms with E-state index in [9.17, 15) is 14.4 Å². The van der Waals surface area contributed by atoms with Gasteiger partial charge in [0.25, 0.3) is 5.91 Å². The van der Waals surface area contributed by atoms with Crippen LogP contribution in [0.15, 0.2) is 65.4 Å². The SMILES string of the molecule is CCOC(=O)c1c(-c2ccc(OC)c(OC)c2)csc1NC(=O)COC(=O)c1c2c(nc3ccccc13)C(=Cc1cccs1)CC2. The van der Waals surface area contributed by atoms with Crippen LogP contribution in [0.3, 0.4) is 0 Å². The molecule has 46 heavy (non-hydrogen) atoms. The van der Waals surface area contributed by atoms with Gasteiger partial charge in [0.15, 0.2) is 18.1 Å². The quantitative estimate of drug-likeness (QED) is 0.154. The number of nitrogens with zero attached hydrogens (tertiary/aromatic N) is 1. The van der Waals surface area contributed by atoms with Crippen molar-refractivity contribution in [1.82, 2.24) is 4.98 Å². The highest BCUT2D eigenvalue weighted by atomic mass is 32.1. The molecule has 0 unspecified atom stereocenters. The zero-order valence-corrected chi connectivity index (χ0v) is 27.0. The zero-order valence-electron chi connectivity index (χ0n) is 25.4. The fourth-order valence-corrected chi connectivity index (χ4v) is 7.15. The number of anilines is 1. The number of fused-ring (bicyclic) bond motifs is 2. The van der Waals surface area contributed by atoms with Gasteiger partial charge in [0.2, 0.25) is 0 Å². The monoisotopic (exact) mass is 654 g/mol. The fraction of sp³-hybridized carbons (Fsp3) is 0.200. The number of esters is 2. The summed E-state index contributed by atoms with van der Waals surface area (Å²) in [7, 11) is 3.07. The molecule has 0 atom stereocenters. The highest BCUT2D eigenvalue weighted by Crippen LogP contribution is 2.40. The average Bonchev–Trinajstić information content (AvgIpc) is 3.83. The van der Waals surface area contributed by atoms with Crippen molar-refractivity contribution in [3.05, 3.63) is 92.6 Å². The number of benzene rings is 2. The number of pyridine rings is 1. The number of aromatic nitrogens is 1. The Bertz CT molecular complexity index is 1980. The highest BCUT2D eigenvalue weighted by Gasteiger charge is 2.29. The lowest BCUT2D eigenvalue weighted by Crippen LogP contribution is -2.22. The molecule has 0 fully saturated rings. The minimum atomic E-state index is -0.606. The number of amides is 1. The largest absolute Gasteiger partial charge is 0.493 e. The first-order valence-corrected chi connectivity index (χ1v) is 16.3. The summed E-state index contributed by atoms with van der Waals surface area (Å²) < 4.78 is 21.7. The number of hydrogen-bond donors (Lipinski definition) is 1. The van der Waals surface area contributed by atoms with Crippen molar-refractivity contribution in [1.29, 1.82) is 0 Å². The van der Waals surface area contributed by atoms with Gasteiger partial charge in [-0.25, -0.2) is 14.6 Å². The maximum Gasteiger partial charge on any atom is 0.341 e. The van der Waals surface area contributed by atoms with Crippen LogP contribution in [0.5, 0.6) is 11.5 Å². The molecule has 5 aromatic rings. The summed E-state index contributed by atoms with van der Waals surface area (Å²) in [6.07, 6.45) is 3.49. The number of hydrogen-bond acceptors (Lipinski definition) is 10. The summed E-state index contributed by atoms with van der Waals surface area (Å²) in [5.74, 6) is -0.760. The number of allylic oxidation sites excluding steroid dienone is 1. The smallest absolute Gasteiger partial charge is 0.341 e. The molecule has 0 radical (unpaired) electrons. The van der Waals surface area contributed by atoms with Crippen LogP contribution in [-0.2, 0) is 20.7 Å². The minimum Gasteiger partial charge on any atom is -0.493 e. The number of carbonyl (C=O) groups is 3. The van der Waals surface area contributed by atoms with Crippen LogP contribution < -0.4 is 14.8 Å². The van der Waals surface area contributed by atoms with Gasteiger partial charge in [-0.2, -0.15) is 0 Å². The van der Waals surface area contributed by atoms with Gasteiger partial charge >= 0.3 is 11.9 Å². The molecule has 1 aliphatic rings. The second kappa shape index (κ2) is 13.6. The summed E-state index contributed by atoms with van der Waals surface area (Å²) in [6.45, 7) is 1.31. The Morgan fingerprint density at radius 2 is 1.72 bits per heavy atom. The predicted molar refractivity (Wildman–Crippen MR) is 180 cm³/mol. The van der Waals surface area contributed by atoms with Crippen LogP contribution in [0.1, 0.15) is 50.2 Å². The molecular formula is C35H30N2O7S2. The Balaban J connectivity index is 1.25. The first kappa shape index (κ1) is 31.0. The Labute approximate surface area is 273 Å². The second-order valence-electron chi connectivity index (χ2n) is 10.3. The molecule has 0 spiro atoms. The lowest BCUT2D eigenvalue weighted by atomic mass is 10.0. The summed E-state index contributed by atoms with van der Waals surface area (Å²) >= 11 is 2.81. The Morgan fingerprint density at radius 3 is 2.48 bits per heavy atom. The van der Waals surface area contributed by atoms with Crippen LogP contribution in [-0.4, -0.2) is 50.3 Å². The van der Waals surface area contributed by atoms with Gasteiger partial charge in [-0.3, -0.25) is 4.79 Å². The van der Waals surface area contributed by atoms with Crippen molar-refractivity contribution in [3.63, 3.8) is 0 Å². The third-order valence-corrected chi connectivity index (χ3v) is 9.27. The Hall–Kier alpha value is -5.00. The maximum atomic E-state index is 13.6. The standard InChI is InChI=1S/C35H30N2O7S2/c1-4-43-35(40)31-25(20-12-14-27(41-2)28(17-20)42-3)19-46-33(31)37-29(38)18-44-34(39)30-23-9-5-6-10-26(23)36-32-21(11-13-24(30)32)16-22-8-7-15-45-22/h5-10,12,14-17,19H,4,11,13,18H2,1-3H3,(H,37,38). The molecule has 234 valence electrons. The molecule has 0 aliphatic heterocycles. The number of para-hydroxylation sites is 1. The maximum absolute atomic E-state index is 13.6. The molecule has 9 nitrogen and oxygen atoms in total. The number of methoxy groups -OCH3 is 2. The van der Waals surface area contributed by atoms with Crippen molar-refractivity contribution < 1.29 is 33.3 Å². The van der Waals surface area contributed by atoms with E-state index in [-0.39, 0.29) is 17.2 Å². The molecule has 0 bridgehead atoms. The lowest BCUT2D eigenvalue weighted by Gasteiger charge is -2.13. The normalized spacial score (nSPS) is 13.0. The molecular weight excluding hydrogens is 625 g/mol. The number of nitrogens with one attached hydrogen (secondary N) is 1. The van der Waals surface area contributed by atoms with Crippen LogP contribution in [0, 0.1) is 0 Å². The van der Waals surface area contributed by atoms with E-state index >= 15 is 0 Å². The fourth-order valence-electron chi connectivity index (χ4n) is 5.50. The van der Waals surface area contributed by atoms with Gasteiger partial charge in [0, 0.05) is 21.2 Å². The van der Waals surface area contributed by atoms with E-state index < -0.39 is 24.5 Å². The first-order valence-electron chi connectivity index (χ1n) is 14.6. The van der Waals surface area contributed by atoms with E-state index in [1.54, 1.807) is 41.8 Å². The van der Waals surface area contributed by atoms with Crippen LogP contribution in [0.25, 0.3) is 33.7 Å². The molecule has 1 N–H and O–H groups in total. The molecule has 1 aliphatic carbocycles. The number of carbonyl (C=O) groups excluding carboxylic acids is 3.